The van der Waals surface area contributed by atoms with E-state index in [9.17, 15) is 0 Å². The molecule has 2 nitrogen and oxygen atoms in total. The summed E-state index contributed by atoms with van der Waals surface area (Å²) in [6.45, 7) is 3.98. The molecule has 0 spiro atoms. The highest BCUT2D eigenvalue weighted by Gasteiger charge is 2.34. The summed E-state index contributed by atoms with van der Waals surface area (Å²) in [5, 5.41) is 3.75. The molecule has 0 radical (unpaired) electrons. The molecule has 1 heterocycles. The summed E-state index contributed by atoms with van der Waals surface area (Å²) in [7, 11) is 0. The molecule has 1 unspecified atom stereocenters. The number of rotatable bonds is 4. The van der Waals surface area contributed by atoms with Crippen LogP contribution in [-0.4, -0.2) is 36.6 Å². The number of likely N-dealkylation sites (tertiary alicyclic amines) is 1. The van der Waals surface area contributed by atoms with Crippen molar-refractivity contribution in [3.8, 4) is 0 Å². The zero-order valence-corrected chi connectivity index (χ0v) is 9.04. The topological polar surface area (TPSA) is 15.3 Å². The van der Waals surface area contributed by atoms with Gasteiger partial charge in [-0.1, -0.05) is 6.42 Å². The molecule has 14 heavy (non-hydrogen) atoms. The summed E-state index contributed by atoms with van der Waals surface area (Å²) < 4.78 is 0. The van der Waals surface area contributed by atoms with Gasteiger partial charge in [0.25, 0.3) is 0 Å². The quantitative estimate of drug-likeness (QED) is 0.731. The zero-order chi connectivity index (χ0) is 9.38. The van der Waals surface area contributed by atoms with E-state index in [-0.39, 0.29) is 0 Å². The van der Waals surface area contributed by atoms with E-state index in [1.165, 1.54) is 58.2 Å². The minimum Gasteiger partial charge on any atom is -0.312 e. The maximum atomic E-state index is 3.75. The van der Waals surface area contributed by atoms with Crippen molar-refractivity contribution in [3.63, 3.8) is 0 Å². The van der Waals surface area contributed by atoms with Crippen molar-refractivity contribution in [2.75, 3.05) is 19.6 Å². The van der Waals surface area contributed by atoms with Crippen molar-refractivity contribution in [1.82, 2.24) is 10.2 Å². The van der Waals surface area contributed by atoms with Crippen molar-refractivity contribution >= 4 is 0 Å². The van der Waals surface area contributed by atoms with Crippen molar-refractivity contribution in [3.05, 3.63) is 0 Å². The second kappa shape index (κ2) is 3.82. The third-order valence-electron chi connectivity index (χ3n) is 4.20. The first-order valence-corrected chi connectivity index (χ1v) is 6.39. The molecule has 1 saturated heterocycles. The van der Waals surface area contributed by atoms with Gasteiger partial charge in [-0.25, -0.2) is 0 Å². The molecule has 0 aromatic rings. The monoisotopic (exact) mass is 194 g/mol. The van der Waals surface area contributed by atoms with E-state index in [4.69, 9.17) is 0 Å². The molecule has 2 heteroatoms. The van der Waals surface area contributed by atoms with Gasteiger partial charge in [0.05, 0.1) is 0 Å². The van der Waals surface area contributed by atoms with E-state index in [2.05, 4.69) is 10.2 Å². The number of nitrogens with zero attached hydrogens (tertiary/aromatic N) is 1. The van der Waals surface area contributed by atoms with Crippen molar-refractivity contribution in [2.24, 2.45) is 5.92 Å². The average Bonchev–Trinajstić information content (AvgIpc) is 2.85. The standard InChI is InChI=1S/C12H22N2/c1-2-10(3-1)8-13-11-6-7-14(9-11)12-4-5-12/h10-13H,1-9H2. The predicted molar refractivity (Wildman–Crippen MR) is 58.3 cm³/mol. The van der Waals surface area contributed by atoms with Crippen LogP contribution < -0.4 is 5.32 Å². The predicted octanol–water partition coefficient (Wildman–Crippen LogP) is 1.61. The van der Waals surface area contributed by atoms with Gasteiger partial charge < -0.3 is 5.32 Å². The Kier molecular flexibility index (Phi) is 2.50. The Bertz CT molecular complexity index is 196. The van der Waals surface area contributed by atoms with Crippen molar-refractivity contribution in [1.29, 1.82) is 0 Å². The number of hydrogen-bond donors (Lipinski definition) is 1. The lowest BCUT2D eigenvalue weighted by atomic mass is 9.85. The molecule has 1 atom stereocenters. The van der Waals surface area contributed by atoms with Crippen molar-refractivity contribution < 1.29 is 0 Å². The third-order valence-corrected chi connectivity index (χ3v) is 4.20. The molecule has 0 amide bonds. The summed E-state index contributed by atoms with van der Waals surface area (Å²) in [5.74, 6) is 1.02. The molecular formula is C12H22N2. The van der Waals surface area contributed by atoms with Gasteiger partial charge in [-0.15, -0.1) is 0 Å². The van der Waals surface area contributed by atoms with E-state index in [1.807, 2.05) is 0 Å². The van der Waals surface area contributed by atoms with Gasteiger partial charge in [0.15, 0.2) is 0 Å². The van der Waals surface area contributed by atoms with Crippen LogP contribution >= 0.6 is 0 Å². The Hall–Kier alpha value is -0.0800. The van der Waals surface area contributed by atoms with Crippen LogP contribution in [0.25, 0.3) is 0 Å². The molecule has 1 aliphatic heterocycles. The first kappa shape index (κ1) is 9.17. The molecule has 1 N–H and O–H groups in total. The molecule has 0 bridgehead atoms. The molecule has 0 aromatic heterocycles. The maximum Gasteiger partial charge on any atom is 0.0207 e. The Morgan fingerprint density at radius 3 is 2.57 bits per heavy atom. The molecule has 0 aromatic carbocycles. The molecule has 3 rings (SSSR count). The first-order valence-electron chi connectivity index (χ1n) is 6.39. The highest BCUT2D eigenvalue weighted by molar-refractivity contribution is 4.92. The molecular weight excluding hydrogens is 172 g/mol. The smallest absolute Gasteiger partial charge is 0.0207 e. The number of hydrogen-bond acceptors (Lipinski definition) is 2. The fourth-order valence-electron chi connectivity index (χ4n) is 2.76. The van der Waals surface area contributed by atoms with E-state index < -0.39 is 0 Å². The molecule has 3 fully saturated rings. The Labute approximate surface area is 87.0 Å². The fraction of sp³-hybridized carbons (Fsp3) is 1.00. The lowest BCUT2D eigenvalue weighted by Crippen LogP contribution is -2.37. The Morgan fingerprint density at radius 2 is 1.93 bits per heavy atom. The Balaban J connectivity index is 1.37. The summed E-state index contributed by atoms with van der Waals surface area (Å²) in [5.41, 5.74) is 0. The SMILES string of the molecule is C1CC(CNC2CCN(C3CC3)C2)C1. The molecule has 2 saturated carbocycles. The van der Waals surface area contributed by atoms with Crippen LogP contribution in [0.3, 0.4) is 0 Å². The summed E-state index contributed by atoms with van der Waals surface area (Å²) in [6.07, 6.45) is 8.76. The summed E-state index contributed by atoms with van der Waals surface area (Å²) in [6, 6.07) is 1.79. The van der Waals surface area contributed by atoms with E-state index in [1.54, 1.807) is 0 Å². The minimum absolute atomic E-state index is 0.816. The van der Waals surface area contributed by atoms with Crippen LogP contribution in [0.1, 0.15) is 38.5 Å². The largest absolute Gasteiger partial charge is 0.312 e. The summed E-state index contributed by atoms with van der Waals surface area (Å²) >= 11 is 0. The second-order valence-electron chi connectivity index (χ2n) is 5.42. The normalized spacial score (nSPS) is 34.7. The zero-order valence-electron chi connectivity index (χ0n) is 9.04. The molecule has 2 aliphatic carbocycles. The summed E-state index contributed by atoms with van der Waals surface area (Å²) in [4.78, 5) is 2.69. The average molecular weight is 194 g/mol. The lowest BCUT2D eigenvalue weighted by molar-refractivity contribution is 0.279. The minimum atomic E-state index is 0.816. The highest BCUT2D eigenvalue weighted by atomic mass is 15.2. The maximum absolute atomic E-state index is 3.75. The van der Waals surface area contributed by atoms with E-state index in [0.717, 1.165) is 18.0 Å². The van der Waals surface area contributed by atoms with E-state index in [0.29, 0.717) is 0 Å². The third kappa shape index (κ3) is 1.96. The molecule has 80 valence electrons. The molecule has 3 aliphatic rings. The van der Waals surface area contributed by atoms with Gasteiger partial charge in [0.2, 0.25) is 0 Å². The van der Waals surface area contributed by atoms with Gasteiger partial charge >= 0.3 is 0 Å². The van der Waals surface area contributed by atoms with Crippen LogP contribution in [-0.2, 0) is 0 Å². The first-order chi connectivity index (χ1) is 6.92. The van der Waals surface area contributed by atoms with Gasteiger partial charge in [-0.05, 0) is 44.6 Å². The second-order valence-corrected chi connectivity index (χ2v) is 5.42. The fourth-order valence-corrected chi connectivity index (χ4v) is 2.76. The Morgan fingerprint density at radius 1 is 1.07 bits per heavy atom. The van der Waals surface area contributed by atoms with Gasteiger partial charge in [0.1, 0.15) is 0 Å². The van der Waals surface area contributed by atoms with Crippen LogP contribution in [0.2, 0.25) is 0 Å². The van der Waals surface area contributed by atoms with E-state index >= 15 is 0 Å². The lowest BCUT2D eigenvalue weighted by Gasteiger charge is -2.27. The van der Waals surface area contributed by atoms with Gasteiger partial charge in [-0.2, -0.15) is 0 Å². The van der Waals surface area contributed by atoms with Crippen LogP contribution in [0.4, 0.5) is 0 Å². The number of nitrogens with one attached hydrogen (secondary N) is 1. The van der Waals surface area contributed by atoms with Gasteiger partial charge in [-0.3, -0.25) is 4.90 Å². The van der Waals surface area contributed by atoms with Crippen molar-refractivity contribution in [2.45, 2.75) is 50.6 Å². The van der Waals surface area contributed by atoms with Gasteiger partial charge in [0, 0.05) is 25.2 Å². The van der Waals surface area contributed by atoms with Crippen LogP contribution in [0.15, 0.2) is 0 Å². The van der Waals surface area contributed by atoms with Crippen LogP contribution in [0, 0.1) is 5.92 Å². The highest BCUT2D eigenvalue weighted by Crippen LogP contribution is 2.30. The van der Waals surface area contributed by atoms with Crippen LogP contribution in [0.5, 0.6) is 0 Å².